The molecule has 0 saturated carbocycles. The minimum absolute atomic E-state index is 0.0623. The number of nitrogens with zero attached hydrogens (tertiary/aromatic N) is 7. The molecule has 2 aromatic carbocycles. The molecular formula is C35H36N10O7S2. The van der Waals surface area contributed by atoms with Crippen molar-refractivity contribution in [3.8, 4) is 0 Å². The monoisotopic (exact) mass is 772 g/mol. The highest BCUT2D eigenvalue weighted by molar-refractivity contribution is 7.89. The van der Waals surface area contributed by atoms with Crippen LogP contribution >= 0.6 is 11.3 Å². The Morgan fingerprint density at radius 3 is 2.39 bits per heavy atom. The minimum atomic E-state index is -3.70. The predicted molar refractivity (Wildman–Crippen MR) is 197 cm³/mol. The van der Waals surface area contributed by atoms with Crippen molar-refractivity contribution in [2.24, 2.45) is 5.92 Å². The molecular weight excluding hydrogens is 737 g/mol. The van der Waals surface area contributed by atoms with Crippen molar-refractivity contribution in [1.82, 2.24) is 34.2 Å². The Hall–Kier alpha value is -5.50. The Kier molecular flexibility index (Phi) is 9.03. The molecule has 0 radical (unpaired) electrons. The van der Waals surface area contributed by atoms with E-state index >= 15 is 0 Å². The van der Waals surface area contributed by atoms with E-state index in [1.165, 1.54) is 27.8 Å². The first-order chi connectivity index (χ1) is 25.9. The van der Waals surface area contributed by atoms with E-state index in [1.807, 2.05) is 12.3 Å². The van der Waals surface area contributed by atoms with Gasteiger partial charge in [-0.25, -0.2) is 8.42 Å². The second-order valence-corrected chi connectivity index (χ2v) is 16.8. The lowest BCUT2D eigenvalue weighted by molar-refractivity contribution is -0.136. The van der Waals surface area contributed by atoms with Crippen LogP contribution in [0.3, 0.4) is 0 Å². The summed E-state index contributed by atoms with van der Waals surface area (Å²) in [7, 11) is -3.70. The summed E-state index contributed by atoms with van der Waals surface area (Å²) in [6.45, 7) is 6.24. The highest BCUT2D eigenvalue weighted by Gasteiger charge is 2.45. The quantitative estimate of drug-likeness (QED) is 0.206. The fraction of sp³-hybridized carbons (Fsp3) is 0.343. The van der Waals surface area contributed by atoms with Crippen LogP contribution in [0.15, 0.2) is 58.8 Å². The van der Waals surface area contributed by atoms with Crippen molar-refractivity contribution in [3.63, 3.8) is 0 Å². The average Bonchev–Trinajstić information content (AvgIpc) is 3.80. The summed E-state index contributed by atoms with van der Waals surface area (Å²) in [6, 6.07) is 12.1. The number of rotatable bonds is 9. The van der Waals surface area contributed by atoms with Gasteiger partial charge in [0, 0.05) is 68.5 Å². The SMILES string of the molecule is Cc1sccc1C(=O)n1nc(Nc2ccc(S(=O)(=O)N3CC(CN4CCN(c5ccc6c(c5)C(=O)N(C5CCC(=O)NC5=O)C6=O)CC4)C3)cc2)nc1N. The Morgan fingerprint density at radius 1 is 0.981 bits per heavy atom. The molecule has 2 aromatic heterocycles. The Labute approximate surface area is 313 Å². The zero-order chi connectivity index (χ0) is 37.9. The maximum absolute atomic E-state index is 13.4. The molecule has 0 bridgehead atoms. The van der Waals surface area contributed by atoms with E-state index in [0.717, 1.165) is 39.8 Å². The predicted octanol–water partition coefficient (Wildman–Crippen LogP) is 1.51. The third kappa shape index (κ3) is 6.42. The van der Waals surface area contributed by atoms with Crippen LogP contribution in [-0.2, 0) is 19.6 Å². The molecule has 3 saturated heterocycles. The van der Waals surface area contributed by atoms with E-state index in [9.17, 15) is 32.4 Å². The molecule has 1 atom stereocenters. The molecule has 6 heterocycles. The smallest absolute Gasteiger partial charge is 0.282 e. The number of imide groups is 2. The molecule has 280 valence electrons. The molecule has 4 aliphatic heterocycles. The second kappa shape index (κ2) is 13.7. The first-order valence-corrected chi connectivity index (χ1v) is 19.7. The van der Waals surface area contributed by atoms with Gasteiger partial charge < -0.3 is 16.0 Å². The minimum Gasteiger partial charge on any atom is -0.369 e. The molecule has 4 aliphatic rings. The highest BCUT2D eigenvalue weighted by atomic mass is 32.2. The van der Waals surface area contributed by atoms with Gasteiger partial charge in [0.05, 0.1) is 21.6 Å². The van der Waals surface area contributed by atoms with Crippen LogP contribution in [0.5, 0.6) is 0 Å². The summed E-state index contributed by atoms with van der Waals surface area (Å²) < 4.78 is 29.2. The number of fused-ring (bicyclic) bond motifs is 1. The molecule has 4 amide bonds. The van der Waals surface area contributed by atoms with Crippen LogP contribution in [0, 0.1) is 12.8 Å². The fourth-order valence-electron chi connectivity index (χ4n) is 7.28. The summed E-state index contributed by atoms with van der Waals surface area (Å²) in [5.74, 6) is -2.30. The molecule has 54 heavy (non-hydrogen) atoms. The number of nitrogens with two attached hydrogens (primary N) is 1. The van der Waals surface area contributed by atoms with Gasteiger partial charge in [0.1, 0.15) is 6.04 Å². The number of benzene rings is 2. The molecule has 4 aromatic rings. The van der Waals surface area contributed by atoms with Crippen molar-refractivity contribution < 1.29 is 32.4 Å². The zero-order valence-corrected chi connectivity index (χ0v) is 30.7. The van der Waals surface area contributed by atoms with Crippen LogP contribution in [0.4, 0.5) is 23.3 Å². The van der Waals surface area contributed by atoms with Gasteiger partial charge in [0.25, 0.3) is 17.7 Å². The van der Waals surface area contributed by atoms with E-state index < -0.39 is 39.7 Å². The standard InChI is InChI=1S/C35H36N10O7S2/c1-20-25(10-15-53-20)33(50)45-34(36)39-35(40-45)37-22-2-5-24(6-3-22)54(51,52)43-18-21(19-43)17-41-11-13-42(14-12-41)23-4-7-26-27(16-23)32(49)44(31(26)48)28-8-9-29(46)38-30(28)47/h2-7,10,15-16,21,28H,8-9,11-14,17-19H2,1H3,(H,38,46,47)(H3,36,37,39,40). The van der Waals surface area contributed by atoms with E-state index in [2.05, 4.69) is 30.5 Å². The highest BCUT2D eigenvalue weighted by Crippen LogP contribution is 2.32. The zero-order valence-electron chi connectivity index (χ0n) is 29.1. The van der Waals surface area contributed by atoms with Crippen molar-refractivity contribution in [2.45, 2.75) is 30.7 Å². The first kappa shape index (κ1) is 35.5. The molecule has 3 fully saturated rings. The number of thiophene rings is 1. The first-order valence-electron chi connectivity index (χ1n) is 17.4. The Bertz CT molecular complexity index is 2310. The molecule has 0 aliphatic carbocycles. The summed E-state index contributed by atoms with van der Waals surface area (Å²) in [5, 5.41) is 11.2. The average molecular weight is 773 g/mol. The molecule has 0 spiro atoms. The number of hydrogen-bond acceptors (Lipinski definition) is 14. The lowest BCUT2D eigenvalue weighted by Crippen LogP contribution is -2.56. The number of nitrogens with one attached hydrogen (secondary N) is 2. The number of hydrogen-bond donors (Lipinski definition) is 3. The van der Waals surface area contributed by atoms with Gasteiger partial charge in [-0.05, 0) is 73.2 Å². The summed E-state index contributed by atoms with van der Waals surface area (Å²) in [6.07, 6.45) is 0.165. The van der Waals surface area contributed by atoms with Crippen LogP contribution < -0.4 is 21.3 Å². The van der Waals surface area contributed by atoms with E-state index in [0.29, 0.717) is 37.4 Å². The van der Waals surface area contributed by atoms with Gasteiger partial charge in [-0.1, -0.05) is 0 Å². The molecule has 4 N–H and O–H groups in total. The van der Waals surface area contributed by atoms with Crippen LogP contribution in [0.25, 0.3) is 0 Å². The number of piperazine rings is 1. The molecule has 8 rings (SSSR count). The van der Waals surface area contributed by atoms with E-state index in [1.54, 1.807) is 36.4 Å². The van der Waals surface area contributed by atoms with E-state index in [-0.39, 0.29) is 52.6 Å². The van der Waals surface area contributed by atoms with Gasteiger partial charge in [0.2, 0.25) is 33.7 Å². The molecule has 1 unspecified atom stereocenters. The van der Waals surface area contributed by atoms with Crippen LogP contribution in [0.2, 0.25) is 0 Å². The Balaban J connectivity index is 0.816. The summed E-state index contributed by atoms with van der Waals surface area (Å²) in [5.41, 5.74) is 8.26. The van der Waals surface area contributed by atoms with E-state index in [4.69, 9.17) is 5.73 Å². The lowest BCUT2D eigenvalue weighted by Gasteiger charge is -2.43. The van der Waals surface area contributed by atoms with Crippen LogP contribution in [0.1, 0.15) is 48.8 Å². The van der Waals surface area contributed by atoms with Gasteiger partial charge in [0.15, 0.2) is 0 Å². The third-order valence-corrected chi connectivity index (χ3v) is 13.0. The van der Waals surface area contributed by atoms with Crippen molar-refractivity contribution in [1.29, 1.82) is 0 Å². The number of piperidine rings is 1. The third-order valence-electron chi connectivity index (χ3n) is 10.3. The topological polar surface area (TPSA) is 213 Å². The number of anilines is 4. The van der Waals surface area contributed by atoms with Crippen molar-refractivity contribution in [3.05, 3.63) is 75.5 Å². The number of amides is 4. The number of carbonyl (C=O) groups excluding carboxylic acids is 5. The Morgan fingerprint density at radius 2 is 1.70 bits per heavy atom. The molecule has 17 nitrogen and oxygen atoms in total. The number of aromatic nitrogens is 3. The second-order valence-electron chi connectivity index (χ2n) is 13.7. The molecule has 19 heteroatoms. The number of sulfonamides is 1. The fourth-order valence-corrected chi connectivity index (χ4v) is 9.56. The largest absolute Gasteiger partial charge is 0.369 e. The lowest BCUT2D eigenvalue weighted by atomic mass is 10.0. The number of aryl methyl sites for hydroxylation is 1. The normalized spacial score (nSPS) is 19.9. The maximum atomic E-state index is 13.4. The number of carbonyl (C=O) groups is 5. The van der Waals surface area contributed by atoms with Gasteiger partial charge in [-0.3, -0.25) is 39.1 Å². The van der Waals surface area contributed by atoms with Gasteiger partial charge >= 0.3 is 0 Å². The number of nitrogen functional groups attached to an aromatic ring is 1. The summed E-state index contributed by atoms with van der Waals surface area (Å²) >= 11 is 1.44. The van der Waals surface area contributed by atoms with Crippen molar-refractivity contribution >= 4 is 74.2 Å². The maximum Gasteiger partial charge on any atom is 0.282 e. The summed E-state index contributed by atoms with van der Waals surface area (Å²) in [4.78, 5) is 73.7. The van der Waals surface area contributed by atoms with Gasteiger partial charge in [-0.2, -0.15) is 14.0 Å². The van der Waals surface area contributed by atoms with Crippen LogP contribution in [-0.4, -0.2) is 119 Å². The van der Waals surface area contributed by atoms with Crippen molar-refractivity contribution in [2.75, 3.05) is 61.8 Å². The van der Waals surface area contributed by atoms with Gasteiger partial charge in [-0.15, -0.1) is 16.4 Å².